The molecule has 4 heterocycles. The molecule has 1 fully saturated rings. The zero-order chi connectivity index (χ0) is 27.9. The number of benzene rings is 1. The van der Waals surface area contributed by atoms with Gasteiger partial charge in [0.15, 0.2) is 11.6 Å². The van der Waals surface area contributed by atoms with Crippen molar-refractivity contribution in [2.75, 3.05) is 19.6 Å². The number of fused-ring (bicyclic) bond motifs is 1. The number of carbonyl (C=O) groups is 2. The normalized spacial score (nSPS) is 20.6. The number of nitrogens with zero attached hydrogens (tertiary/aromatic N) is 6. The average molecular weight is 540 g/mol. The number of primary amides is 1. The average Bonchev–Trinajstić information content (AvgIpc) is 3.37. The van der Waals surface area contributed by atoms with E-state index in [1.807, 2.05) is 34.4 Å². The monoisotopic (exact) mass is 539 g/mol. The highest BCUT2D eigenvalue weighted by molar-refractivity contribution is 5.85. The second kappa shape index (κ2) is 9.99. The van der Waals surface area contributed by atoms with Crippen LogP contribution in [0.4, 0.5) is 8.78 Å². The van der Waals surface area contributed by atoms with E-state index >= 15 is 0 Å². The summed E-state index contributed by atoms with van der Waals surface area (Å²) in [6, 6.07) is 4.88. The van der Waals surface area contributed by atoms with Crippen LogP contribution < -0.4 is 10.5 Å². The van der Waals surface area contributed by atoms with Gasteiger partial charge < -0.3 is 15.4 Å². The summed E-state index contributed by atoms with van der Waals surface area (Å²) in [6.07, 6.45) is 5.77. The molecule has 12 heteroatoms. The Morgan fingerprint density at radius 3 is 2.59 bits per heavy atom. The molecule has 2 aliphatic heterocycles. The second-order valence-corrected chi connectivity index (χ2v) is 10.8. The molecule has 2 aliphatic rings. The maximum atomic E-state index is 14.0. The molecule has 0 bridgehead atoms. The van der Waals surface area contributed by atoms with E-state index in [1.54, 1.807) is 13.1 Å². The SMILES string of the molecule is CC1(C)CN(C(C)(C(N)=O)c2cnc(Oc3ccc(F)cc3F)cn2)CCN1C(=O)C1CCn2nccc2C1. The summed E-state index contributed by atoms with van der Waals surface area (Å²) in [5, 5.41) is 4.30. The Morgan fingerprint density at radius 2 is 1.92 bits per heavy atom. The predicted octanol–water partition coefficient (Wildman–Crippen LogP) is 2.63. The minimum atomic E-state index is -1.32. The van der Waals surface area contributed by atoms with Crippen molar-refractivity contribution < 1.29 is 23.1 Å². The van der Waals surface area contributed by atoms with Crippen LogP contribution in [0.25, 0.3) is 0 Å². The van der Waals surface area contributed by atoms with E-state index in [-0.39, 0.29) is 29.1 Å². The van der Waals surface area contributed by atoms with Crippen LogP contribution in [0.5, 0.6) is 11.6 Å². The molecule has 0 spiro atoms. The summed E-state index contributed by atoms with van der Waals surface area (Å²) in [7, 11) is 0. The van der Waals surface area contributed by atoms with Crippen molar-refractivity contribution in [2.45, 2.75) is 51.2 Å². The minimum absolute atomic E-state index is 0.0272. The van der Waals surface area contributed by atoms with Crippen molar-refractivity contribution in [1.29, 1.82) is 0 Å². The molecule has 206 valence electrons. The van der Waals surface area contributed by atoms with Crippen LogP contribution in [-0.4, -0.2) is 66.5 Å². The summed E-state index contributed by atoms with van der Waals surface area (Å²) < 4.78 is 34.5. The fourth-order valence-corrected chi connectivity index (χ4v) is 5.48. The Bertz CT molecular complexity index is 1390. The van der Waals surface area contributed by atoms with Gasteiger partial charge in [0.05, 0.1) is 23.6 Å². The molecule has 3 aromatic rings. The van der Waals surface area contributed by atoms with E-state index in [9.17, 15) is 18.4 Å². The first kappa shape index (κ1) is 26.7. The first-order chi connectivity index (χ1) is 18.5. The molecular weight excluding hydrogens is 508 g/mol. The van der Waals surface area contributed by atoms with Crippen LogP contribution in [0.2, 0.25) is 0 Å². The molecule has 2 amide bonds. The Labute approximate surface area is 224 Å². The standard InChI is InChI=1S/C27H31F2N7O3/c1-26(2)16-34(10-11-35(26)24(37)17-7-9-36-19(12-17)6-8-33-36)27(3,25(30)38)22-14-32-23(15-31-22)39-21-5-4-18(28)13-20(21)29/h4-6,8,13-15,17H,7,9-12,16H2,1-3H3,(H2,30,38). The van der Waals surface area contributed by atoms with Gasteiger partial charge in [0.25, 0.3) is 0 Å². The van der Waals surface area contributed by atoms with Crippen molar-refractivity contribution in [2.24, 2.45) is 11.7 Å². The van der Waals surface area contributed by atoms with Crippen molar-refractivity contribution in [1.82, 2.24) is 29.5 Å². The van der Waals surface area contributed by atoms with E-state index in [2.05, 4.69) is 15.1 Å². The molecule has 2 N–H and O–H groups in total. The van der Waals surface area contributed by atoms with Crippen LogP contribution in [-0.2, 0) is 28.1 Å². The molecule has 2 atom stereocenters. The maximum Gasteiger partial charge on any atom is 0.243 e. The summed E-state index contributed by atoms with van der Waals surface area (Å²) in [4.78, 5) is 38.8. The number of carbonyl (C=O) groups excluding carboxylic acids is 2. The quantitative estimate of drug-likeness (QED) is 0.511. The molecular formula is C27H31F2N7O3. The Balaban J connectivity index is 1.32. The van der Waals surface area contributed by atoms with Gasteiger partial charge in [0.2, 0.25) is 17.7 Å². The lowest BCUT2D eigenvalue weighted by Crippen LogP contribution is -2.67. The first-order valence-electron chi connectivity index (χ1n) is 12.8. The zero-order valence-corrected chi connectivity index (χ0v) is 22.1. The predicted molar refractivity (Wildman–Crippen MR) is 136 cm³/mol. The van der Waals surface area contributed by atoms with E-state index < -0.39 is 28.6 Å². The third-order valence-corrected chi connectivity index (χ3v) is 7.81. The Kier molecular flexibility index (Phi) is 6.83. The van der Waals surface area contributed by atoms with Crippen LogP contribution in [0.1, 0.15) is 38.6 Å². The topological polar surface area (TPSA) is 119 Å². The molecule has 1 aromatic carbocycles. The van der Waals surface area contributed by atoms with Crippen LogP contribution in [0.15, 0.2) is 42.9 Å². The highest BCUT2D eigenvalue weighted by Crippen LogP contribution is 2.35. The van der Waals surface area contributed by atoms with E-state index in [1.165, 1.54) is 12.4 Å². The highest BCUT2D eigenvalue weighted by Gasteiger charge is 2.48. The number of hydrogen-bond acceptors (Lipinski definition) is 7. The zero-order valence-electron chi connectivity index (χ0n) is 22.1. The van der Waals surface area contributed by atoms with E-state index in [4.69, 9.17) is 10.5 Å². The van der Waals surface area contributed by atoms with Gasteiger partial charge in [0, 0.05) is 56.5 Å². The van der Waals surface area contributed by atoms with Gasteiger partial charge >= 0.3 is 0 Å². The lowest BCUT2D eigenvalue weighted by molar-refractivity contribution is -0.150. The number of halogens is 2. The summed E-state index contributed by atoms with van der Waals surface area (Å²) in [5.74, 6) is -2.48. The third-order valence-electron chi connectivity index (χ3n) is 7.81. The summed E-state index contributed by atoms with van der Waals surface area (Å²) in [6.45, 7) is 7.55. The number of aromatic nitrogens is 4. The molecule has 1 saturated heterocycles. The van der Waals surface area contributed by atoms with Gasteiger partial charge in [-0.05, 0) is 45.4 Å². The van der Waals surface area contributed by atoms with E-state index in [0.717, 1.165) is 24.2 Å². The first-order valence-corrected chi connectivity index (χ1v) is 12.8. The van der Waals surface area contributed by atoms with E-state index in [0.29, 0.717) is 38.7 Å². The molecule has 0 aliphatic carbocycles. The van der Waals surface area contributed by atoms with Crippen LogP contribution in [0.3, 0.4) is 0 Å². The largest absolute Gasteiger partial charge is 0.434 e. The molecule has 0 radical (unpaired) electrons. The second-order valence-electron chi connectivity index (χ2n) is 10.8. The molecule has 2 aromatic heterocycles. The van der Waals surface area contributed by atoms with Crippen LogP contribution in [0, 0.1) is 17.6 Å². The molecule has 39 heavy (non-hydrogen) atoms. The van der Waals surface area contributed by atoms with Crippen molar-refractivity contribution in [3.8, 4) is 11.6 Å². The summed E-state index contributed by atoms with van der Waals surface area (Å²) >= 11 is 0. The van der Waals surface area contributed by atoms with Gasteiger partial charge in [-0.15, -0.1) is 0 Å². The number of nitrogens with two attached hydrogens (primary N) is 1. The smallest absolute Gasteiger partial charge is 0.243 e. The third kappa shape index (κ3) is 4.96. The number of hydrogen-bond donors (Lipinski definition) is 1. The van der Waals surface area contributed by atoms with Gasteiger partial charge in [-0.2, -0.15) is 5.10 Å². The Morgan fingerprint density at radius 1 is 1.13 bits per heavy atom. The Hall–Kier alpha value is -3.93. The van der Waals surface area contributed by atoms with Gasteiger partial charge in [-0.3, -0.25) is 24.2 Å². The maximum absolute atomic E-state index is 14.0. The minimum Gasteiger partial charge on any atom is -0.434 e. The molecule has 5 rings (SSSR count). The van der Waals surface area contributed by atoms with Gasteiger partial charge in [0.1, 0.15) is 11.4 Å². The van der Waals surface area contributed by atoms with Crippen molar-refractivity contribution >= 4 is 11.8 Å². The fraction of sp³-hybridized carbons (Fsp3) is 0.444. The van der Waals surface area contributed by atoms with Crippen molar-refractivity contribution in [3.63, 3.8) is 0 Å². The molecule has 10 nitrogen and oxygen atoms in total. The van der Waals surface area contributed by atoms with Gasteiger partial charge in [-0.25, -0.2) is 13.8 Å². The summed E-state index contributed by atoms with van der Waals surface area (Å²) in [5.41, 5.74) is 5.36. The molecule has 2 unspecified atom stereocenters. The lowest BCUT2D eigenvalue weighted by atomic mass is 9.87. The number of amides is 2. The number of piperazine rings is 1. The van der Waals surface area contributed by atoms with Gasteiger partial charge in [-0.1, -0.05) is 0 Å². The van der Waals surface area contributed by atoms with Crippen molar-refractivity contribution in [3.05, 3.63) is 65.9 Å². The lowest BCUT2D eigenvalue weighted by Gasteiger charge is -2.52. The number of ether oxygens (including phenoxy) is 1. The van der Waals surface area contributed by atoms with Crippen LogP contribution >= 0.6 is 0 Å². The highest BCUT2D eigenvalue weighted by atomic mass is 19.1. The number of rotatable bonds is 6. The molecule has 0 saturated carbocycles. The fourth-order valence-electron chi connectivity index (χ4n) is 5.48. The number of aryl methyl sites for hydroxylation is 1.